The molecule has 0 aliphatic rings. The summed E-state index contributed by atoms with van der Waals surface area (Å²) in [5.74, 6) is -0.145. The number of nitrogens with two attached hydrogens (primary N) is 1. The Balaban J connectivity index is 2.12. The molecule has 6 heteroatoms. The summed E-state index contributed by atoms with van der Waals surface area (Å²) in [7, 11) is 1.77. The lowest BCUT2D eigenvalue weighted by Crippen LogP contribution is -2.27. The van der Waals surface area contributed by atoms with E-state index in [0.717, 1.165) is 18.5 Å². The Morgan fingerprint density at radius 1 is 1.55 bits per heavy atom. The van der Waals surface area contributed by atoms with Crippen LogP contribution in [0.25, 0.3) is 0 Å². The minimum atomic E-state index is -0.145. The minimum absolute atomic E-state index is 0.145. The summed E-state index contributed by atoms with van der Waals surface area (Å²) in [6.07, 6.45) is 1.77. The van der Waals surface area contributed by atoms with E-state index < -0.39 is 0 Å². The second-order valence-corrected chi connectivity index (χ2v) is 5.90. The van der Waals surface area contributed by atoms with Crippen molar-refractivity contribution >= 4 is 22.9 Å². The molecule has 2 rings (SSSR count). The third-order valence-electron chi connectivity index (χ3n) is 3.28. The Morgan fingerprint density at radius 2 is 2.30 bits per heavy atom. The minimum Gasteiger partial charge on any atom is -0.395 e. The molecular formula is C14H20N4OS. The Morgan fingerprint density at radius 3 is 2.90 bits per heavy atom. The fraction of sp³-hybridized carbons (Fsp3) is 0.429. The van der Waals surface area contributed by atoms with E-state index in [9.17, 15) is 4.79 Å². The maximum absolute atomic E-state index is 12.4. The highest BCUT2D eigenvalue weighted by atomic mass is 32.1. The van der Waals surface area contributed by atoms with Crippen LogP contribution in [0, 0.1) is 6.92 Å². The molecule has 0 aromatic carbocycles. The van der Waals surface area contributed by atoms with Crippen LogP contribution in [0.15, 0.2) is 11.4 Å². The van der Waals surface area contributed by atoms with E-state index in [0.29, 0.717) is 17.9 Å². The molecule has 2 heterocycles. The van der Waals surface area contributed by atoms with Crippen LogP contribution in [0.2, 0.25) is 0 Å². The highest BCUT2D eigenvalue weighted by Gasteiger charge is 2.21. The number of nitrogens with zero attached hydrogens (tertiary/aromatic N) is 2. The average molecular weight is 292 g/mol. The lowest BCUT2D eigenvalue weighted by atomic mass is 10.2. The quantitative estimate of drug-likeness (QED) is 0.889. The van der Waals surface area contributed by atoms with Crippen molar-refractivity contribution in [2.24, 2.45) is 0 Å². The lowest BCUT2D eigenvalue weighted by molar-refractivity contribution is 0.0781. The first kappa shape index (κ1) is 14.6. The molecule has 0 saturated carbocycles. The summed E-state index contributed by atoms with van der Waals surface area (Å²) in [5, 5.41) is 8.96. The molecule has 3 N–H and O–H groups in total. The summed E-state index contributed by atoms with van der Waals surface area (Å²) >= 11 is 1.65. The van der Waals surface area contributed by atoms with Gasteiger partial charge in [-0.3, -0.25) is 9.89 Å². The molecule has 0 spiro atoms. The summed E-state index contributed by atoms with van der Waals surface area (Å²) in [5.41, 5.74) is 8.84. The Bertz CT molecular complexity index is 602. The molecule has 2 aromatic heterocycles. The first-order chi connectivity index (χ1) is 9.54. The summed E-state index contributed by atoms with van der Waals surface area (Å²) < 4.78 is 0. The van der Waals surface area contributed by atoms with E-state index >= 15 is 0 Å². The van der Waals surface area contributed by atoms with Crippen molar-refractivity contribution in [1.82, 2.24) is 15.1 Å². The van der Waals surface area contributed by atoms with Gasteiger partial charge in [-0.25, -0.2) is 0 Å². The van der Waals surface area contributed by atoms with Crippen molar-refractivity contribution < 1.29 is 4.79 Å². The number of aromatic nitrogens is 2. The van der Waals surface area contributed by atoms with Gasteiger partial charge in [-0.1, -0.05) is 13.3 Å². The van der Waals surface area contributed by atoms with Crippen molar-refractivity contribution in [3.8, 4) is 0 Å². The third kappa shape index (κ3) is 2.85. The standard InChI is InChI=1S/C14H20N4OS/c1-4-5-10-12(15)13(17-16-10)14(19)18(3)8-11-9(2)6-7-20-11/h6-7H,4-5,8,15H2,1-3H3,(H,16,17). The van der Waals surface area contributed by atoms with Crippen molar-refractivity contribution in [2.45, 2.75) is 33.2 Å². The molecule has 5 nitrogen and oxygen atoms in total. The molecule has 0 fully saturated rings. The fourth-order valence-corrected chi connectivity index (χ4v) is 2.98. The number of hydrogen-bond acceptors (Lipinski definition) is 4. The highest BCUT2D eigenvalue weighted by Crippen LogP contribution is 2.21. The van der Waals surface area contributed by atoms with Gasteiger partial charge in [-0.15, -0.1) is 11.3 Å². The second-order valence-electron chi connectivity index (χ2n) is 4.90. The smallest absolute Gasteiger partial charge is 0.276 e. The maximum Gasteiger partial charge on any atom is 0.276 e. The van der Waals surface area contributed by atoms with Gasteiger partial charge >= 0.3 is 0 Å². The van der Waals surface area contributed by atoms with E-state index in [2.05, 4.69) is 23.2 Å². The topological polar surface area (TPSA) is 75.0 Å². The molecular weight excluding hydrogens is 272 g/mol. The van der Waals surface area contributed by atoms with Crippen LogP contribution >= 0.6 is 11.3 Å². The zero-order chi connectivity index (χ0) is 14.7. The maximum atomic E-state index is 12.4. The zero-order valence-electron chi connectivity index (χ0n) is 12.1. The average Bonchev–Trinajstić information content (AvgIpc) is 2.97. The van der Waals surface area contributed by atoms with Crippen LogP contribution in [0.3, 0.4) is 0 Å². The highest BCUT2D eigenvalue weighted by molar-refractivity contribution is 7.10. The van der Waals surface area contributed by atoms with Crippen LogP contribution in [-0.4, -0.2) is 28.1 Å². The van der Waals surface area contributed by atoms with Gasteiger partial charge in [0.05, 0.1) is 17.9 Å². The first-order valence-corrected chi connectivity index (χ1v) is 7.53. The molecule has 0 aliphatic carbocycles. The number of H-pyrrole nitrogens is 1. The van der Waals surface area contributed by atoms with Crippen molar-refractivity contribution in [3.63, 3.8) is 0 Å². The van der Waals surface area contributed by atoms with Crippen LogP contribution in [0.4, 0.5) is 5.69 Å². The second kappa shape index (κ2) is 6.09. The Labute approximate surface area is 122 Å². The first-order valence-electron chi connectivity index (χ1n) is 6.65. The molecule has 1 amide bonds. The number of anilines is 1. The van der Waals surface area contributed by atoms with E-state index in [1.807, 2.05) is 12.3 Å². The van der Waals surface area contributed by atoms with E-state index in [1.165, 1.54) is 10.4 Å². The molecule has 0 aliphatic heterocycles. The number of nitrogen functional groups attached to an aromatic ring is 1. The molecule has 20 heavy (non-hydrogen) atoms. The number of thiophene rings is 1. The normalized spacial score (nSPS) is 10.8. The fourth-order valence-electron chi connectivity index (χ4n) is 2.02. The van der Waals surface area contributed by atoms with Crippen molar-refractivity contribution in [3.05, 3.63) is 33.3 Å². The van der Waals surface area contributed by atoms with E-state index in [1.54, 1.807) is 23.3 Å². The molecule has 0 radical (unpaired) electrons. The molecule has 0 atom stereocenters. The van der Waals surface area contributed by atoms with Gasteiger partial charge in [0.2, 0.25) is 0 Å². The number of aromatic amines is 1. The molecule has 0 bridgehead atoms. The monoisotopic (exact) mass is 292 g/mol. The van der Waals surface area contributed by atoms with E-state index in [4.69, 9.17) is 5.73 Å². The van der Waals surface area contributed by atoms with Crippen LogP contribution < -0.4 is 5.73 Å². The predicted octanol–water partition coefficient (Wildman–Crippen LogP) is 2.59. The van der Waals surface area contributed by atoms with Gasteiger partial charge < -0.3 is 10.6 Å². The predicted molar refractivity (Wildman–Crippen MR) is 81.8 cm³/mol. The van der Waals surface area contributed by atoms with Gasteiger partial charge in [-0.05, 0) is 30.4 Å². The number of carbonyl (C=O) groups excluding carboxylic acids is 1. The number of aryl methyl sites for hydroxylation is 2. The summed E-state index contributed by atoms with van der Waals surface area (Å²) in [4.78, 5) is 15.2. The zero-order valence-corrected chi connectivity index (χ0v) is 12.9. The van der Waals surface area contributed by atoms with Gasteiger partial charge in [0.15, 0.2) is 5.69 Å². The summed E-state index contributed by atoms with van der Waals surface area (Å²) in [6.45, 7) is 4.69. The van der Waals surface area contributed by atoms with Crippen LogP contribution in [-0.2, 0) is 13.0 Å². The number of nitrogens with one attached hydrogen (secondary N) is 1. The van der Waals surface area contributed by atoms with Gasteiger partial charge in [-0.2, -0.15) is 5.10 Å². The Kier molecular flexibility index (Phi) is 4.44. The number of amides is 1. The SMILES string of the molecule is CCCc1[nH]nc(C(=O)N(C)Cc2sccc2C)c1N. The third-order valence-corrected chi connectivity index (χ3v) is 4.29. The Hall–Kier alpha value is -1.82. The van der Waals surface area contributed by atoms with E-state index in [-0.39, 0.29) is 5.91 Å². The number of hydrogen-bond donors (Lipinski definition) is 2. The number of carbonyl (C=O) groups is 1. The molecule has 2 aromatic rings. The van der Waals surface area contributed by atoms with Crippen LogP contribution in [0.1, 0.15) is 40.0 Å². The number of rotatable bonds is 5. The molecule has 0 saturated heterocycles. The van der Waals surface area contributed by atoms with Crippen LogP contribution in [0.5, 0.6) is 0 Å². The van der Waals surface area contributed by atoms with Crippen molar-refractivity contribution in [1.29, 1.82) is 0 Å². The largest absolute Gasteiger partial charge is 0.395 e. The van der Waals surface area contributed by atoms with Gasteiger partial charge in [0, 0.05) is 11.9 Å². The molecule has 0 unspecified atom stereocenters. The lowest BCUT2D eigenvalue weighted by Gasteiger charge is -2.15. The van der Waals surface area contributed by atoms with Gasteiger partial charge in [0.1, 0.15) is 0 Å². The van der Waals surface area contributed by atoms with Crippen molar-refractivity contribution in [2.75, 3.05) is 12.8 Å². The van der Waals surface area contributed by atoms with Gasteiger partial charge in [0.25, 0.3) is 5.91 Å². The molecule has 108 valence electrons. The summed E-state index contributed by atoms with van der Waals surface area (Å²) in [6, 6.07) is 2.06.